The minimum atomic E-state index is -4.21. The van der Waals surface area contributed by atoms with E-state index >= 15 is 0 Å². The lowest BCUT2D eigenvalue weighted by molar-refractivity contribution is -0.191. The molecule has 0 spiro atoms. The largest absolute Gasteiger partial charge is 0.481 e. The van der Waals surface area contributed by atoms with Crippen molar-refractivity contribution >= 4 is 85.8 Å². The SMILES string of the molecule is CCCNC(=O)Nc1cccc(S(=O)(=O)Nc2cccc(C(CC(=O)O)NC(=O)CCCC(=O)N3CCCC3C(=O)N[C@H](CC(C)C)C(=O)NCC(=O)N[C@@H](CC(C)C)C(=O)O[C@]3(CC)C(=O)OCc4c3cc3n(c4=O)Cc4cc5ccccc5nc4-3)c2)c1. The average molecular weight is 1250 g/mol. The molecule has 0 radical (unpaired) electrons. The second kappa shape index (κ2) is 28.8. The van der Waals surface area contributed by atoms with E-state index in [1.165, 1.54) is 53.4 Å². The molecule has 5 atom stereocenters. The molecule has 2 aromatic heterocycles. The van der Waals surface area contributed by atoms with E-state index in [0.29, 0.717) is 36.3 Å². The van der Waals surface area contributed by atoms with E-state index < -0.39 is 112 Å². The third-order valence-electron chi connectivity index (χ3n) is 15.6. The van der Waals surface area contributed by atoms with Crippen LogP contribution in [0.3, 0.4) is 0 Å². The number of nitrogens with one attached hydrogen (secondary N) is 7. The van der Waals surface area contributed by atoms with Crippen LogP contribution < -0.4 is 42.2 Å². The first-order valence-corrected chi connectivity index (χ1v) is 31.4. The van der Waals surface area contributed by atoms with Crippen LogP contribution in [0, 0.1) is 11.8 Å². The number of carboxylic acid groups (broad SMARTS) is 1. The zero-order chi connectivity index (χ0) is 64.3. The number of aromatic nitrogens is 2. The summed E-state index contributed by atoms with van der Waals surface area (Å²) in [6, 6.07) is 17.6. The van der Waals surface area contributed by atoms with Crippen LogP contribution in [-0.2, 0) is 76.6 Å². The minimum Gasteiger partial charge on any atom is -0.481 e. The number of esters is 2. The second-order valence-electron chi connectivity index (χ2n) is 23.3. The quantitative estimate of drug-likeness (QED) is 0.0290. The maximum absolute atomic E-state index is 14.3. The summed E-state index contributed by atoms with van der Waals surface area (Å²) in [4.78, 5) is 141. The molecular weight excluding hydrogens is 1170 g/mol. The molecule has 25 nitrogen and oxygen atoms in total. The zero-order valence-electron chi connectivity index (χ0n) is 50.6. The highest BCUT2D eigenvalue weighted by Gasteiger charge is 2.51. The number of urea groups is 1. The molecule has 2 unspecified atom stereocenters. The van der Waals surface area contributed by atoms with Crippen LogP contribution in [0.15, 0.2) is 94.6 Å². The van der Waals surface area contributed by atoms with Gasteiger partial charge in [-0.1, -0.05) is 77.9 Å². The van der Waals surface area contributed by atoms with Gasteiger partial charge < -0.3 is 55.9 Å². The number of hydrogen-bond acceptors (Lipinski definition) is 15. The Hall–Kier alpha value is -9.20. The van der Waals surface area contributed by atoms with Gasteiger partial charge >= 0.3 is 23.9 Å². The topological polar surface area (TPSA) is 349 Å². The number of nitrogens with zero attached hydrogens (tertiary/aromatic N) is 3. The molecule has 8 rings (SSSR count). The summed E-state index contributed by atoms with van der Waals surface area (Å²) < 4.78 is 42.5. The van der Waals surface area contributed by atoms with Crippen LogP contribution in [-0.4, -0.2) is 119 Å². The monoisotopic (exact) mass is 1240 g/mol. The summed E-state index contributed by atoms with van der Waals surface area (Å²) in [5, 5.41) is 26.5. The van der Waals surface area contributed by atoms with Gasteiger partial charge in [-0.3, -0.25) is 38.3 Å². The number of likely N-dealkylation sites (tertiary alicyclic amines) is 1. The fourth-order valence-corrected chi connectivity index (χ4v) is 12.4. The number of carboxylic acids is 1. The molecular formula is C63H76N10O15S. The predicted octanol–water partition coefficient (Wildman–Crippen LogP) is 5.63. The standard InChI is InChI=1S/C63H76N10O15S/c1-7-24-64-62(84)66-41-17-12-19-43(30-41)89(85,86)71-42-18-11-16-39(29-42)47(32-55(77)78)67-52(74)22-13-23-54(76)72-25-14-21-50(72)58(80)70-48(26-36(3)4)57(79)65-33-53(75)68-49(27-37(5)6)60(82)88-63(8-2)45-31-51-56-40(28-38-15-9-10-20-46(38)69-56)34-73(51)59(81)44(45)35-87-61(63)83/h9-12,15-20,28-31,36-37,47-50,71H,7-8,13-14,21-27,32-35H2,1-6H3,(H,65,79)(H,67,74)(H,68,75)(H,70,80)(H,77,78)(H2,64,66,84)/t47?,48-,49+,50?,63+/m1/s1. The number of para-hydroxylation sites is 1. The fourth-order valence-electron chi connectivity index (χ4n) is 11.3. The van der Waals surface area contributed by atoms with Crippen LogP contribution in [0.2, 0.25) is 0 Å². The molecule has 7 amide bonds. The third kappa shape index (κ3) is 15.9. The molecule has 0 bridgehead atoms. The summed E-state index contributed by atoms with van der Waals surface area (Å²) >= 11 is 0. The van der Waals surface area contributed by atoms with Gasteiger partial charge in [0.05, 0.1) is 52.9 Å². The molecule has 0 aliphatic carbocycles. The average Bonchev–Trinajstić information content (AvgIpc) is 1.70. The Morgan fingerprint density at radius 2 is 1.55 bits per heavy atom. The highest BCUT2D eigenvalue weighted by molar-refractivity contribution is 7.92. The number of fused-ring (bicyclic) bond motifs is 5. The van der Waals surface area contributed by atoms with Crippen molar-refractivity contribution < 1.29 is 66.1 Å². The lowest BCUT2D eigenvalue weighted by Crippen LogP contribution is -2.55. The summed E-state index contributed by atoms with van der Waals surface area (Å²) in [6.45, 7) is 10.7. The van der Waals surface area contributed by atoms with E-state index in [1.807, 2.05) is 65.0 Å². The Kier molecular flexibility index (Phi) is 21.2. The number of ether oxygens (including phenoxy) is 2. The number of hydrogen-bond donors (Lipinski definition) is 8. The molecule has 1 saturated heterocycles. The van der Waals surface area contributed by atoms with E-state index in [-0.39, 0.29) is 109 Å². The highest BCUT2D eigenvalue weighted by atomic mass is 32.2. The molecule has 0 saturated carbocycles. The smallest absolute Gasteiger partial charge is 0.355 e. The van der Waals surface area contributed by atoms with E-state index in [1.54, 1.807) is 17.6 Å². The van der Waals surface area contributed by atoms with Crippen LogP contribution in [0.25, 0.3) is 22.3 Å². The first-order chi connectivity index (χ1) is 42.4. The van der Waals surface area contributed by atoms with Crippen molar-refractivity contribution in [3.05, 3.63) is 118 Å². The number of anilines is 2. The van der Waals surface area contributed by atoms with Gasteiger partial charge in [-0.25, -0.2) is 27.8 Å². The van der Waals surface area contributed by atoms with Crippen molar-refractivity contribution in [2.45, 2.75) is 154 Å². The van der Waals surface area contributed by atoms with Crippen molar-refractivity contribution in [2.24, 2.45) is 11.8 Å². The summed E-state index contributed by atoms with van der Waals surface area (Å²) in [6.07, 6.45) is 0.644. The highest BCUT2D eigenvalue weighted by Crippen LogP contribution is 2.41. The molecule has 89 heavy (non-hydrogen) atoms. The number of benzene rings is 3. The van der Waals surface area contributed by atoms with Crippen LogP contribution >= 0.6 is 0 Å². The fraction of sp³-hybridized carbons (Fsp3) is 0.444. The van der Waals surface area contributed by atoms with Crippen LogP contribution in [0.4, 0.5) is 16.2 Å². The normalized spacial score (nSPS) is 16.8. The van der Waals surface area contributed by atoms with Crippen molar-refractivity contribution in [1.29, 1.82) is 0 Å². The maximum atomic E-state index is 14.3. The van der Waals surface area contributed by atoms with E-state index in [9.17, 15) is 61.5 Å². The molecule has 5 aromatic rings. The van der Waals surface area contributed by atoms with Gasteiger partial charge in [0, 0.05) is 53.8 Å². The number of rotatable bonds is 27. The Bertz CT molecular complexity index is 3740. The number of cyclic esters (lactones) is 1. The number of pyridine rings is 2. The Morgan fingerprint density at radius 3 is 2.28 bits per heavy atom. The van der Waals surface area contributed by atoms with E-state index in [0.717, 1.165) is 10.9 Å². The Labute approximate surface area is 514 Å². The molecule has 26 heteroatoms. The Balaban J connectivity index is 0.845. The summed E-state index contributed by atoms with van der Waals surface area (Å²) in [7, 11) is -4.21. The van der Waals surface area contributed by atoms with Crippen molar-refractivity contribution in [1.82, 2.24) is 41.0 Å². The van der Waals surface area contributed by atoms with Gasteiger partial charge in [0.25, 0.3) is 15.6 Å². The first kappa shape index (κ1) is 65.8. The van der Waals surface area contributed by atoms with Gasteiger partial charge in [0.1, 0.15) is 24.7 Å². The van der Waals surface area contributed by atoms with Crippen molar-refractivity contribution in [3.8, 4) is 11.4 Å². The predicted molar refractivity (Wildman–Crippen MR) is 327 cm³/mol. The third-order valence-corrected chi connectivity index (χ3v) is 17.0. The number of carbonyl (C=O) groups is 9. The number of sulfonamides is 1. The van der Waals surface area contributed by atoms with Gasteiger partial charge in [0.15, 0.2) is 0 Å². The molecule has 8 N–H and O–H groups in total. The minimum absolute atomic E-state index is 0.0218. The first-order valence-electron chi connectivity index (χ1n) is 29.9. The number of aliphatic carboxylic acids is 1. The van der Waals surface area contributed by atoms with Gasteiger partial charge in [0.2, 0.25) is 35.1 Å². The molecule has 474 valence electrons. The van der Waals surface area contributed by atoms with E-state index in [2.05, 4.69) is 36.6 Å². The van der Waals surface area contributed by atoms with Crippen LogP contribution in [0.1, 0.15) is 134 Å². The molecule has 1 fully saturated rings. The van der Waals surface area contributed by atoms with Crippen LogP contribution in [0.5, 0.6) is 0 Å². The second-order valence-corrected chi connectivity index (χ2v) is 25.0. The lowest BCUT2D eigenvalue weighted by atomic mass is 9.85. The summed E-state index contributed by atoms with van der Waals surface area (Å²) in [5.74, 6) is -6.54. The van der Waals surface area contributed by atoms with Gasteiger partial charge in [-0.05, 0) is 111 Å². The molecule has 5 heterocycles. The van der Waals surface area contributed by atoms with E-state index in [4.69, 9.17) is 14.5 Å². The van der Waals surface area contributed by atoms with Gasteiger partial charge in [-0.15, -0.1) is 0 Å². The number of amides is 7. The molecule has 3 aliphatic rings. The maximum Gasteiger partial charge on any atom is 0.355 e. The van der Waals surface area contributed by atoms with Crippen molar-refractivity contribution in [2.75, 3.05) is 29.7 Å². The lowest BCUT2D eigenvalue weighted by Gasteiger charge is -2.36. The molecule has 3 aromatic carbocycles. The van der Waals surface area contributed by atoms with Gasteiger partial charge in [-0.2, -0.15) is 0 Å². The van der Waals surface area contributed by atoms with Crippen molar-refractivity contribution in [3.63, 3.8) is 0 Å². The Morgan fingerprint density at radius 1 is 0.820 bits per heavy atom. The molecule has 3 aliphatic heterocycles. The number of carbonyl (C=O) groups excluding carboxylic acids is 8. The summed E-state index contributed by atoms with van der Waals surface area (Å²) in [5.41, 5.74) is 0.925. The zero-order valence-corrected chi connectivity index (χ0v) is 51.4.